The molecule has 0 N–H and O–H groups in total. The Balaban J connectivity index is 2.36. The molecule has 3 atom stereocenters. The first-order chi connectivity index (χ1) is 15.2. The van der Waals surface area contributed by atoms with Crippen molar-refractivity contribution in [3.8, 4) is 12.3 Å². The van der Waals surface area contributed by atoms with Crippen LogP contribution >= 0.6 is 0 Å². The largest absolute Gasteiger partial charge is 0.509 e. The fourth-order valence-electron chi connectivity index (χ4n) is 3.44. The maximum atomic E-state index is 13.0. The second kappa shape index (κ2) is 10.2. The summed E-state index contributed by atoms with van der Waals surface area (Å²) in [6.45, 7) is 11.7. The highest BCUT2D eigenvalue weighted by Crippen LogP contribution is 2.30. The maximum Gasteiger partial charge on any atom is 0.509 e. The van der Waals surface area contributed by atoms with Gasteiger partial charge >= 0.3 is 18.2 Å². The van der Waals surface area contributed by atoms with Gasteiger partial charge in [-0.1, -0.05) is 18.1 Å². The second-order valence-corrected chi connectivity index (χ2v) is 9.94. The van der Waals surface area contributed by atoms with Gasteiger partial charge in [0.2, 0.25) is 0 Å². The van der Waals surface area contributed by atoms with E-state index in [0.29, 0.717) is 6.42 Å². The topological polar surface area (TPSA) is 91.4 Å². The average molecular weight is 460 g/mol. The minimum Gasteiger partial charge on any atom is -0.456 e. The zero-order chi connectivity index (χ0) is 25.0. The van der Waals surface area contributed by atoms with Gasteiger partial charge in [-0.2, -0.15) is 0 Å². The molecule has 1 aliphatic heterocycles. The summed E-state index contributed by atoms with van der Waals surface area (Å²) >= 11 is 0. The SMILES string of the molecule is C#Cc1ccc(C[C@@H]2[C@H](OC(C)=O)[C@@H](OC(=O)OC(C)(C)C)CN2C(=O)OC(C)(C)C)cc1. The Bertz CT molecular complexity index is 903. The van der Waals surface area contributed by atoms with Crippen molar-refractivity contribution in [1.29, 1.82) is 0 Å². The molecule has 0 aliphatic carbocycles. The van der Waals surface area contributed by atoms with Crippen LogP contribution in [0.3, 0.4) is 0 Å². The molecule has 2 rings (SSSR count). The smallest absolute Gasteiger partial charge is 0.456 e. The van der Waals surface area contributed by atoms with E-state index in [-0.39, 0.29) is 6.54 Å². The van der Waals surface area contributed by atoms with Gasteiger partial charge in [0.05, 0.1) is 12.6 Å². The molecule has 1 aromatic rings. The van der Waals surface area contributed by atoms with Gasteiger partial charge in [0.1, 0.15) is 11.2 Å². The number of likely N-dealkylation sites (tertiary alicyclic amines) is 1. The molecule has 1 saturated heterocycles. The molecule has 1 aromatic carbocycles. The minimum atomic E-state index is -0.925. The molecule has 0 spiro atoms. The van der Waals surface area contributed by atoms with Crippen molar-refractivity contribution in [2.24, 2.45) is 0 Å². The summed E-state index contributed by atoms with van der Waals surface area (Å²) in [6, 6.07) is 6.63. The van der Waals surface area contributed by atoms with Gasteiger partial charge in [-0.05, 0) is 65.7 Å². The van der Waals surface area contributed by atoms with Gasteiger partial charge < -0.3 is 18.9 Å². The first kappa shape index (κ1) is 26.0. The van der Waals surface area contributed by atoms with Crippen molar-refractivity contribution in [2.75, 3.05) is 6.54 Å². The lowest BCUT2D eigenvalue weighted by Gasteiger charge is -2.30. The van der Waals surface area contributed by atoms with Crippen molar-refractivity contribution in [1.82, 2.24) is 4.90 Å². The van der Waals surface area contributed by atoms with Gasteiger partial charge in [0.15, 0.2) is 12.2 Å². The number of carbonyl (C=O) groups is 3. The van der Waals surface area contributed by atoms with Gasteiger partial charge in [0.25, 0.3) is 0 Å². The Morgan fingerprint density at radius 1 is 1.00 bits per heavy atom. The molecule has 8 heteroatoms. The molecule has 1 aliphatic rings. The predicted molar refractivity (Wildman–Crippen MR) is 121 cm³/mol. The van der Waals surface area contributed by atoms with E-state index in [9.17, 15) is 14.4 Å². The van der Waals surface area contributed by atoms with Gasteiger partial charge in [0, 0.05) is 12.5 Å². The van der Waals surface area contributed by atoms with Gasteiger partial charge in [-0.3, -0.25) is 9.69 Å². The quantitative estimate of drug-likeness (QED) is 0.381. The summed E-state index contributed by atoms with van der Waals surface area (Å²) in [4.78, 5) is 38.7. The Morgan fingerprint density at radius 3 is 2.06 bits per heavy atom. The third-order valence-electron chi connectivity index (χ3n) is 4.66. The third-order valence-corrected chi connectivity index (χ3v) is 4.66. The molecule has 0 unspecified atom stereocenters. The fraction of sp³-hybridized carbons (Fsp3) is 0.560. The number of terminal acetylenes is 1. The van der Waals surface area contributed by atoms with Crippen LogP contribution in [0.1, 0.15) is 59.6 Å². The number of hydrogen-bond acceptors (Lipinski definition) is 7. The summed E-state index contributed by atoms with van der Waals surface area (Å²) in [7, 11) is 0. The van der Waals surface area contributed by atoms with E-state index in [4.69, 9.17) is 25.4 Å². The molecule has 33 heavy (non-hydrogen) atoms. The first-order valence-corrected chi connectivity index (χ1v) is 10.8. The molecular weight excluding hydrogens is 426 g/mol. The van der Waals surface area contributed by atoms with E-state index in [1.165, 1.54) is 11.8 Å². The van der Waals surface area contributed by atoms with E-state index >= 15 is 0 Å². The molecule has 1 heterocycles. The van der Waals surface area contributed by atoms with Gasteiger partial charge in [-0.15, -0.1) is 6.42 Å². The van der Waals surface area contributed by atoms with Crippen LogP contribution in [-0.2, 0) is 30.2 Å². The van der Waals surface area contributed by atoms with Crippen molar-refractivity contribution < 1.29 is 33.3 Å². The minimum absolute atomic E-state index is 0.0147. The summed E-state index contributed by atoms with van der Waals surface area (Å²) < 4.78 is 21.9. The van der Waals surface area contributed by atoms with Crippen molar-refractivity contribution in [3.63, 3.8) is 0 Å². The number of benzene rings is 1. The van der Waals surface area contributed by atoms with Crippen molar-refractivity contribution in [2.45, 2.75) is 84.3 Å². The van der Waals surface area contributed by atoms with Crippen LogP contribution in [0.2, 0.25) is 0 Å². The van der Waals surface area contributed by atoms with Crippen LogP contribution in [0, 0.1) is 12.3 Å². The highest BCUT2D eigenvalue weighted by molar-refractivity contribution is 5.71. The maximum absolute atomic E-state index is 13.0. The molecule has 0 radical (unpaired) electrons. The average Bonchev–Trinajstić information content (AvgIpc) is 2.96. The van der Waals surface area contributed by atoms with Gasteiger partial charge in [-0.25, -0.2) is 9.59 Å². The van der Waals surface area contributed by atoms with Crippen molar-refractivity contribution >= 4 is 18.2 Å². The Labute approximate surface area is 195 Å². The van der Waals surface area contributed by atoms with Crippen LogP contribution in [-0.4, -0.2) is 59.1 Å². The molecule has 0 saturated carbocycles. The highest BCUT2D eigenvalue weighted by Gasteiger charge is 2.49. The number of esters is 1. The number of ether oxygens (including phenoxy) is 4. The molecule has 0 aromatic heterocycles. The molecule has 1 fully saturated rings. The predicted octanol–water partition coefficient (Wildman–Crippen LogP) is 4.08. The third kappa shape index (κ3) is 8.01. The Kier molecular flexibility index (Phi) is 8.02. The molecule has 0 bridgehead atoms. The Hall–Kier alpha value is -3.21. The number of carbonyl (C=O) groups excluding carboxylic acids is 3. The highest BCUT2D eigenvalue weighted by atomic mass is 16.7. The van der Waals surface area contributed by atoms with E-state index in [1.807, 2.05) is 12.1 Å². The lowest BCUT2D eigenvalue weighted by Crippen LogP contribution is -2.45. The van der Waals surface area contributed by atoms with Crippen LogP contribution in [0.5, 0.6) is 0 Å². The normalized spacial score (nSPS) is 20.5. The summed E-state index contributed by atoms with van der Waals surface area (Å²) in [5.74, 6) is 2.00. The molecular formula is C25H33NO7. The standard InChI is InChI=1S/C25H33NO7/c1-9-17-10-12-18(13-11-17)14-19-21(30-16(2)27)20(31-23(29)33-25(6,7)8)15-26(19)22(28)32-24(3,4)5/h1,10-13,19-21H,14-15H2,2-8H3/t19-,20+,21+/m1/s1. The summed E-state index contributed by atoms with van der Waals surface area (Å²) in [6.07, 6.45) is 2.42. The first-order valence-electron chi connectivity index (χ1n) is 10.8. The number of hydrogen-bond donors (Lipinski definition) is 0. The number of amides is 1. The summed E-state index contributed by atoms with van der Waals surface area (Å²) in [5.41, 5.74) is 0.0757. The van der Waals surface area contributed by atoms with E-state index in [2.05, 4.69) is 5.92 Å². The van der Waals surface area contributed by atoms with Crippen LogP contribution in [0.25, 0.3) is 0 Å². The van der Waals surface area contributed by atoms with Crippen LogP contribution in [0.15, 0.2) is 24.3 Å². The van der Waals surface area contributed by atoms with E-state index in [1.54, 1.807) is 53.7 Å². The zero-order valence-electron chi connectivity index (χ0n) is 20.3. The Morgan fingerprint density at radius 2 is 1.58 bits per heavy atom. The number of rotatable bonds is 4. The van der Waals surface area contributed by atoms with Crippen molar-refractivity contribution in [3.05, 3.63) is 35.4 Å². The lowest BCUT2D eigenvalue weighted by molar-refractivity contribution is -0.153. The zero-order valence-corrected chi connectivity index (χ0v) is 20.3. The van der Waals surface area contributed by atoms with Crippen LogP contribution in [0.4, 0.5) is 9.59 Å². The molecule has 180 valence electrons. The second-order valence-electron chi connectivity index (χ2n) is 9.94. The monoisotopic (exact) mass is 459 g/mol. The van der Waals surface area contributed by atoms with E-state index < -0.39 is 47.7 Å². The molecule has 1 amide bonds. The fourth-order valence-corrected chi connectivity index (χ4v) is 3.44. The lowest BCUT2D eigenvalue weighted by atomic mass is 10.00. The van der Waals surface area contributed by atoms with Crippen LogP contribution < -0.4 is 0 Å². The van der Waals surface area contributed by atoms with E-state index in [0.717, 1.165) is 11.1 Å². The summed E-state index contributed by atoms with van der Waals surface area (Å²) in [5, 5.41) is 0. The molecule has 8 nitrogen and oxygen atoms in total. The number of nitrogens with zero attached hydrogens (tertiary/aromatic N) is 1.